The second-order valence-electron chi connectivity index (χ2n) is 7.09. The summed E-state index contributed by atoms with van der Waals surface area (Å²) in [5.74, 6) is 0. The Hall–Kier alpha value is -1.97. The van der Waals surface area contributed by atoms with Gasteiger partial charge in [0.05, 0.1) is 10.3 Å². The van der Waals surface area contributed by atoms with Gasteiger partial charge in [0.1, 0.15) is 0 Å². The molecule has 0 saturated carbocycles. The third kappa shape index (κ3) is 5.03. The van der Waals surface area contributed by atoms with E-state index in [9.17, 15) is 0 Å². The summed E-state index contributed by atoms with van der Waals surface area (Å²) in [6.07, 6.45) is 3.04. The van der Waals surface area contributed by atoms with E-state index in [2.05, 4.69) is 79.2 Å². The zero-order valence-corrected chi connectivity index (χ0v) is 16.5. The van der Waals surface area contributed by atoms with Crippen LogP contribution in [-0.2, 0) is 19.3 Å². The third-order valence-electron chi connectivity index (χ3n) is 4.88. The average molecular weight is 365 g/mol. The molecule has 1 saturated heterocycles. The third-order valence-corrected chi connectivity index (χ3v) is 6.01. The molecule has 2 atom stereocenters. The fraction of sp³-hybridized carbons (Fsp3) is 0.304. The highest BCUT2D eigenvalue weighted by molar-refractivity contribution is 8.04. The fourth-order valence-electron chi connectivity index (χ4n) is 3.19. The van der Waals surface area contributed by atoms with Gasteiger partial charge in [0.2, 0.25) is 0 Å². The Balaban J connectivity index is 1.57. The van der Waals surface area contributed by atoms with E-state index in [0.29, 0.717) is 11.3 Å². The molecule has 1 heterocycles. The molecule has 3 rings (SSSR count). The monoisotopic (exact) mass is 364 g/mol. The molecule has 0 amide bonds. The van der Waals surface area contributed by atoms with Gasteiger partial charge >= 0.3 is 0 Å². The van der Waals surface area contributed by atoms with Gasteiger partial charge in [0.25, 0.3) is 0 Å². The van der Waals surface area contributed by atoms with Crippen LogP contribution in [0.15, 0.2) is 72.4 Å². The second-order valence-corrected chi connectivity index (χ2v) is 8.39. The van der Waals surface area contributed by atoms with E-state index in [4.69, 9.17) is 0 Å². The zero-order chi connectivity index (χ0) is 18.5. The van der Waals surface area contributed by atoms with Gasteiger partial charge < -0.3 is 10.6 Å². The second kappa shape index (κ2) is 8.61. The van der Waals surface area contributed by atoms with Crippen LogP contribution in [0.5, 0.6) is 0 Å². The Labute approximate surface area is 161 Å². The van der Waals surface area contributed by atoms with Gasteiger partial charge in [-0.2, -0.15) is 0 Å². The Kier molecular flexibility index (Phi) is 6.23. The largest absolute Gasteiger partial charge is 0.354 e. The molecule has 0 aliphatic carbocycles. The van der Waals surface area contributed by atoms with Crippen LogP contribution >= 0.6 is 11.8 Å². The van der Waals surface area contributed by atoms with Crippen molar-refractivity contribution < 1.29 is 0 Å². The highest BCUT2D eigenvalue weighted by Gasteiger charge is 2.22. The fourth-order valence-corrected chi connectivity index (χ4v) is 4.20. The molecular formula is C23H28N2S. The van der Waals surface area contributed by atoms with Crippen LogP contribution in [0.1, 0.15) is 29.2 Å². The van der Waals surface area contributed by atoms with Gasteiger partial charge in [-0.25, -0.2) is 0 Å². The number of rotatable bonds is 7. The lowest BCUT2D eigenvalue weighted by molar-refractivity contribution is 0.608. The maximum Gasteiger partial charge on any atom is 0.0656 e. The van der Waals surface area contributed by atoms with E-state index in [0.717, 1.165) is 30.0 Å². The molecule has 3 heteroatoms. The molecule has 2 unspecified atom stereocenters. The minimum atomic E-state index is 0.390. The number of hydrogen-bond acceptors (Lipinski definition) is 3. The highest BCUT2D eigenvalue weighted by atomic mass is 32.2. The van der Waals surface area contributed by atoms with E-state index in [1.807, 2.05) is 7.05 Å². The number of nitrogens with one attached hydrogen (secondary N) is 2. The quantitative estimate of drug-likeness (QED) is 0.747. The van der Waals surface area contributed by atoms with Gasteiger partial charge in [-0.05, 0) is 55.5 Å². The summed E-state index contributed by atoms with van der Waals surface area (Å²) in [4.78, 5) is 0. The first-order valence-corrected chi connectivity index (χ1v) is 10.1. The summed E-state index contributed by atoms with van der Waals surface area (Å²) in [6, 6.07) is 18.5. The van der Waals surface area contributed by atoms with Gasteiger partial charge in [-0.15, -0.1) is 0 Å². The minimum absolute atomic E-state index is 0.390. The molecule has 136 valence electrons. The molecule has 0 spiro atoms. The van der Waals surface area contributed by atoms with Crippen LogP contribution in [0.3, 0.4) is 0 Å². The van der Waals surface area contributed by atoms with Crippen molar-refractivity contribution in [1.29, 1.82) is 0 Å². The lowest BCUT2D eigenvalue weighted by atomic mass is 9.99. The minimum Gasteiger partial charge on any atom is -0.354 e. The maximum absolute atomic E-state index is 4.09. The van der Waals surface area contributed by atoms with Crippen molar-refractivity contribution in [3.63, 3.8) is 0 Å². The van der Waals surface area contributed by atoms with Gasteiger partial charge in [0.15, 0.2) is 0 Å². The topological polar surface area (TPSA) is 24.1 Å². The predicted molar refractivity (Wildman–Crippen MR) is 114 cm³/mol. The summed E-state index contributed by atoms with van der Waals surface area (Å²) in [5, 5.41) is 7.90. The molecule has 1 aliphatic rings. The van der Waals surface area contributed by atoms with Crippen molar-refractivity contribution in [3.8, 4) is 0 Å². The molecule has 26 heavy (non-hydrogen) atoms. The summed E-state index contributed by atoms with van der Waals surface area (Å²) in [6.45, 7) is 10.3. The van der Waals surface area contributed by atoms with Crippen molar-refractivity contribution in [1.82, 2.24) is 10.6 Å². The molecule has 0 bridgehead atoms. The first kappa shape index (κ1) is 18.8. The van der Waals surface area contributed by atoms with Crippen molar-refractivity contribution in [3.05, 3.63) is 94.7 Å². The van der Waals surface area contributed by atoms with Crippen LogP contribution < -0.4 is 10.6 Å². The summed E-state index contributed by atoms with van der Waals surface area (Å²) >= 11 is 1.77. The molecule has 1 fully saturated rings. The molecule has 2 aromatic rings. The van der Waals surface area contributed by atoms with Crippen LogP contribution in [-0.4, -0.2) is 18.3 Å². The summed E-state index contributed by atoms with van der Waals surface area (Å²) < 4.78 is 0. The van der Waals surface area contributed by atoms with Gasteiger partial charge in [-0.3, -0.25) is 0 Å². The van der Waals surface area contributed by atoms with Crippen LogP contribution in [0.4, 0.5) is 0 Å². The van der Waals surface area contributed by atoms with E-state index in [1.165, 1.54) is 22.3 Å². The highest BCUT2D eigenvalue weighted by Crippen LogP contribution is 2.33. The molecule has 2 aromatic carbocycles. The Morgan fingerprint density at radius 2 is 1.50 bits per heavy atom. The SMILES string of the molecule is C=C1NC(=C)C(Cc2ccc(Cc3ccc(CC(C)NC)cc3)cc2)S1. The molecule has 0 aromatic heterocycles. The molecule has 2 N–H and O–H groups in total. The number of benzene rings is 2. The Morgan fingerprint density at radius 1 is 0.962 bits per heavy atom. The molecule has 0 radical (unpaired) electrons. The van der Waals surface area contributed by atoms with Gasteiger partial charge in [-0.1, -0.05) is 73.5 Å². The Bertz CT molecular complexity index is 762. The molecule has 1 aliphatic heterocycles. The van der Waals surface area contributed by atoms with Crippen LogP contribution in [0.2, 0.25) is 0 Å². The summed E-state index contributed by atoms with van der Waals surface area (Å²) in [5.41, 5.74) is 6.51. The number of thioether (sulfide) groups is 1. The smallest absolute Gasteiger partial charge is 0.0656 e. The first-order chi connectivity index (χ1) is 12.5. The predicted octanol–water partition coefficient (Wildman–Crippen LogP) is 4.66. The zero-order valence-electron chi connectivity index (χ0n) is 15.7. The standard InChI is InChI=1S/C23H28N2S/c1-16(24-4)13-19-5-7-20(8-6-19)14-21-9-11-22(12-10-21)15-23-17(2)25-18(3)26-23/h5-12,16,23-25H,2-3,13-15H2,1,4H3. The average Bonchev–Trinajstić information content (AvgIpc) is 2.95. The lowest BCUT2D eigenvalue weighted by Gasteiger charge is -2.11. The van der Waals surface area contributed by atoms with Crippen LogP contribution in [0.25, 0.3) is 0 Å². The normalized spacial score (nSPS) is 18.0. The maximum atomic E-state index is 4.09. The van der Waals surface area contributed by atoms with Crippen LogP contribution in [0, 0.1) is 0 Å². The van der Waals surface area contributed by atoms with Crippen molar-refractivity contribution >= 4 is 11.8 Å². The lowest BCUT2D eigenvalue weighted by Crippen LogP contribution is -2.23. The molecular weight excluding hydrogens is 336 g/mol. The van der Waals surface area contributed by atoms with Crippen molar-refractivity contribution in [2.24, 2.45) is 0 Å². The number of likely N-dealkylation sites (N-methyl/N-ethyl adjacent to an activating group) is 1. The Morgan fingerprint density at radius 3 is 2.00 bits per heavy atom. The van der Waals surface area contributed by atoms with E-state index < -0.39 is 0 Å². The van der Waals surface area contributed by atoms with Crippen molar-refractivity contribution in [2.75, 3.05) is 7.05 Å². The summed E-state index contributed by atoms with van der Waals surface area (Å²) in [7, 11) is 2.01. The molecule has 2 nitrogen and oxygen atoms in total. The van der Waals surface area contributed by atoms with Gasteiger partial charge in [0, 0.05) is 11.7 Å². The van der Waals surface area contributed by atoms with E-state index in [1.54, 1.807) is 11.8 Å². The first-order valence-electron chi connectivity index (χ1n) is 9.18. The van der Waals surface area contributed by atoms with Crippen molar-refractivity contribution in [2.45, 2.75) is 37.5 Å². The van der Waals surface area contributed by atoms with E-state index in [-0.39, 0.29) is 0 Å². The van der Waals surface area contributed by atoms with E-state index >= 15 is 0 Å². The number of hydrogen-bond donors (Lipinski definition) is 2.